The Morgan fingerprint density at radius 3 is 3.11 bits per heavy atom. The second-order valence-corrected chi connectivity index (χ2v) is 5.43. The van der Waals surface area contributed by atoms with Gasteiger partial charge in [0, 0.05) is 16.6 Å². The first kappa shape index (κ1) is 11.9. The number of piperidine rings is 1. The SMILES string of the molecule is Brc1cccc(-c2noc([C@@H]3CCCNC3)n2)c1. The van der Waals surface area contributed by atoms with Crippen molar-refractivity contribution in [1.29, 1.82) is 0 Å². The largest absolute Gasteiger partial charge is 0.339 e. The minimum absolute atomic E-state index is 0.354. The maximum atomic E-state index is 5.38. The molecule has 1 fully saturated rings. The lowest BCUT2D eigenvalue weighted by atomic mass is 10.00. The van der Waals surface area contributed by atoms with E-state index < -0.39 is 0 Å². The molecule has 5 heteroatoms. The Hall–Kier alpha value is -1.20. The molecule has 1 saturated heterocycles. The van der Waals surface area contributed by atoms with Gasteiger partial charge in [0.25, 0.3) is 0 Å². The molecule has 0 radical (unpaired) electrons. The second kappa shape index (κ2) is 5.20. The summed E-state index contributed by atoms with van der Waals surface area (Å²) in [5.41, 5.74) is 0.975. The summed E-state index contributed by atoms with van der Waals surface area (Å²) in [6, 6.07) is 7.93. The van der Waals surface area contributed by atoms with Gasteiger partial charge in [-0.2, -0.15) is 4.98 Å². The van der Waals surface area contributed by atoms with Crippen LogP contribution in [0.5, 0.6) is 0 Å². The standard InChI is InChI=1S/C13H14BrN3O/c14-11-5-1-3-9(7-11)12-16-13(18-17-12)10-4-2-6-15-8-10/h1,3,5,7,10,15H,2,4,6,8H2/t10-/m1/s1. The maximum Gasteiger partial charge on any atom is 0.231 e. The minimum atomic E-state index is 0.354. The summed E-state index contributed by atoms with van der Waals surface area (Å²) in [4.78, 5) is 4.51. The normalized spacial score (nSPS) is 19.9. The number of aromatic nitrogens is 2. The van der Waals surface area contributed by atoms with Crippen molar-refractivity contribution in [2.45, 2.75) is 18.8 Å². The van der Waals surface area contributed by atoms with Gasteiger partial charge in [-0.25, -0.2) is 0 Å². The van der Waals surface area contributed by atoms with Crippen LogP contribution in [-0.4, -0.2) is 23.2 Å². The fourth-order valence-electron chi connectivity index (χ4n) is 2.21. The van der Waals surface area contributed by atoms with Crippen molar-refractivity contribution in [3.05, 3.63) is 34.6 Å². The zero-order valence-corrected chi connectivity index (χ0v) is 11.5. The first-order chi connectivity index (χ1) is 8.83. The molecule has 0 spiro atoms. The van der Waals surface area contributed by atoms with Crippen LogP contribution in [-0.2, 0) is 0 Å². The van der Waals surface area contributed by atoms with Crippen molar-refractivity contribution in [3.63, 3.8) is 0 Å². The summed E-state index contributed by atoms with van der Waals surface area (Å²) < 4.78 is 6.40. The van der Waals surface area contributed by atoms with Crippen LogP contribution in [0.2, 0.25) is 0 Å². The summed E-state index contributed by atoms with van der Waals surface area (Å²) in [7, 11) is 0. The third kappa shape index (κ3) is 2.47. The highest BCUT2D eigenvalue weighted by Crippen LogP contribution is 2.25. The third-order valence-electron chi connectivity index (χ3n) is 3.17. The highest BCUT2D eigenvalue weighted by molar-refractivity contribution is 9.10. The van der Waals surface area contributed by atoms with Crippen LogP contribution in [0.25, 0.3) is 11.4 Å². The molecule has 1 aliphatic rings. The van der Waals surface area contributed by atoms with E-state index in [4.69, 9.17) is 4.52 Å². The monoisotopic (exact) mass is 307 g/mol. The average Bonchev–Trinajstić information content (AvgIpc) is 2.89. The van der Waals surface area contributed by atoms with E-state index in [1.165, 1.54) is 6.42 Å². The Balaban J connectivity index is 1.84. The lowest BCUT2D eigenvalue weighted by Gasteiger charge is -2.18. The van der Waals surface area contributed by atoms with E-state index in [0.717, 1.165) is 35.4 Å². The third-order valence-corrected chi connectivity index (χ3v) is 3.66. The van der Waals surface area contributed by atoms with Crippen molar-refractivity contribution < 1.29 is 4.52 Å². The molecule has 0 amide bonds. The Labute approximate surface area is 114 Å². The first-order valence-electron chi connectivity index (χ1n) is 6.13. The van der Waals surface area contributed by atoms with Crippen molar-refractivity contribution in [2.24, 2.45) is 0 Å². The van der Waals surface area contributed by atoms with Crippen LogP contribution >= 0.6 is 15.9 Å². The summed E-state index contributed by atoms with van der Waals surface area (Å²) in [6.07, 6.45) is 2.28. The van der Waals surface area contributed by atoms with Gasteiger partial charge in [-0.05, 0) is 31.5 Å². The van der Waals surface area contributed by atoms with Crippen molar-refractivity contribution in [2.75, 3.05) is 13.1 Å². The van der Waals surface area contributed by atoms with Gasteiger partial charge in [0.2, 0.25) is 11.7 Å². The van der Waals surface area contributed by atoms with E-state index in [-0.39, 0.29) is 0 Å². The van der Waals surface area contributed by atoms with E-state index in [1.807, 2.05) is 24.3 Å². The molecule has 18 heavy (non-hydrogen) atoms. The van der Waals surface area contributed by atoms with E-state index in [9.17, 15) is 0 Å². The molecule has 2 heterocycles. The van der Waals surface area contributed by atoms with Gasteiger partial charge in [0.15, 0.2) is 0 Å². The molecule has 1 aromatic carbocycles. The number of hydrogen-bond donors (Lipinski definition) is 1. The van der Waals surface area contributed by atoms with Crippen LogP contribution in [0.3, 0.4) is 0 Å². The molecule has 0 bridgehead atoms. The summed E-state index contributed by atoms with van der Waals surface area (Å²) in [6.45, 7) is 2.02. The number of halogens is 1. The number of benzene rings is 1. The van der Waals surface area contributed by atoms with Gasteiger partial charge in [-0.1, -0.05) is 33.2 Å². The van der Waals surface area contributed by atoms with Crippen LogP contribution in [0.15, 0.2) is 33.3 Å². The zero-order valence-electron chi connectivity index (χ0n) is 9.90. The summed E-state index contributed by atoms with van der Waals surface area (Å²) >= 11 is 3.45. The molecule has 1 aliphatic heterocycles. The lowest BCUT2D eigenvalue weighted by Crippen LogP contribution is -2.28. The number of nitrogens with zero attached hydrogens (tertiary/aromatic N) is 2. The quantitative estimate of drug-likeness (QED) is 0.926. The molecule has 2 aromatic rings. The van der Waals surface area contributed by atoms with Gasteiger partial charge >= 0.3 is 0 Å². The van der Waals surface area contributed by atoms with Gasteiger partial charge in [0.05, 0.1) is 5.92 Å². The Morgan fingerprint density at radius 2 is 2.33 bits per heavy atom. The summed E-state index contributed by atoms with van der Waals surface area (Å²) in [5, 5.41) is 7.42. The molecular weight excluding hydrogens is 294 g/mol. The highest BCUT2D eigenvalue weighted by atomic mass is 79.9. The molecule has 3 rings (SSSR count). The van der Waals surface area contributed by atoms with Gasteiger partial charge < -0.3 is 9.84 Å². The molecule has 0 aliphatic carbocycles. The Kier molecular flexibility index (Phi) is 3.43. The van der Waals surface area contributed by atoms with Crippen LogP contribution in [0.1, 0.15) is 24.7 Å². The fourth-order valence-corrected chi connectivity index (χ4v) is 2.61. The molecule has 0 saturated carbocycles. The second-order valence-electron chi connectivity index (χ2n) is 4.51. The maximum absolute atomic E-state index is 5.38. The molecular formula is C13H14BrN3O. The van der Waals surface area contributed by atoms with Gasteiger partial charge in [0.1, 0.15) is 0 Å². The van der Waals surface area contributed by atoms with Crippen molar-refractivity contribution in [3.8, 4) is 11.4 Å². The molecule has 0 unspecified atom stereocenters. The number of hydrogen-bond acceptors (Lipinski definition) is 4. The smallest absolute Gasteiger partial charge is 0.231 e. The number of nitrogens with one attached hydrogen (secondary N) is 1. The molecule has 1 N–H and O–H groups in total. The van der Waals surface area contributed by atoms with Crippen molar-refractivity contribution in [1.82, 2.24) is 15.5 Å². The fraction of sp³-hybridized carbons (Fsp3) is 0.385. The average molecular weight is 308 g/mol. The topological polar surface area (TPSA) is 51.0 Å². The van der Waals surface area contributed by atoms with E-state index in [1.54, 1.807) is 0 Å². The van der Waals surface area contributed by atoms with Gasteiger partial charge in [-0.3, -0.25) is 0 Å². The van der Waals surface area contributed by atoms with Crippen LogP contribution in [0.4, 0.5) is 0 Å². The Morgan fingerprint density at radius 1 is 1.39 bits per heavy atom. The predicted molar refractivity (Wildman–Crippen MR) is 72.3 cm³/mol. The number of rotatable bonds is 2. The lowest BCUT2D eigenvalue weighted by molar-refractivity contribution is 0.322. The van der Waals surface area contributed by atoms with E-state index in [2.05, 4.69) is 31.4 Å². The Bertz CT molecular complexity index is 535. The van der Waals surface area contributed by atoms with Crippen molar-refractivity contribution >= 4 is 15.9 Å². The minimum Gasteiger partial charge on any atom is -0.339 e. The molecule has 94 valence electrons. The summed E-state index contributed by atoms with van der Waals surface area (Å²) in [5.74, 6) is 1.77. The van der Waals surface area contributed by atoms with E-state index >= 15 is 0 Å². The first-order valence-corrected chi connectivity index (χ1v) is 6.92. The molecule has 1 atom stereocenters. The zero-order chi connectivity index (χ0) is 12.4. The highest BCUT2D eigenvalue weighted by Gasteiger charge is 2.21. The molecule has 4 nitrogen and oxygen atoms in total. The molecule has 1 aromatic heterocycles. The van der Waals surface area contributed by atoms with E-state index in [0.29, 0.717) is 11.7 Å². The van der Waals surface area contributed by atoms with Crippen LogP contribution < -0.4 is 5.32 Å². The van der Waals surface area contributed by atoms with Gasteiger partial charge in [-0.15, -0.1) is 0 Å². The predicted octanol–water partition coefficient (Wildman–Crippen LogP) is 2.97. The van der Waals surface area contributed by atoms with Crippen LogP contribution in [0, 0.1) is 0 Å².